The van der Waals surface area contributed by atoms with Crippen molar-refractivity contribution >= 4 is 40.7 Å². The van der Waals surface area contributed by atoms with Crippen molar-refractivity contribution in [2.45, 2.75) is 57.5 Å². The van der Waals surface area contributed by atoms with Crippen LogP contribution in [0, 0.1) is 5.41 Å². The van der Waals surface area contributed by atoms with Crippen LogP contribution in [0.2, 0.25) is 0 Å². The summed E-state index contributed by atoms with van der Waals surface area (Å²) in [6.07, 6.45) is -3.32. The van der Waals surface area contributed by atoms with Crippen LogP contribution in [0.3, 0.4) is 0 Å². The van der Waals surface area contributed by atoms with Crippen molar-refractivity contribution in [2.24, 2.45) is 5.73 Å². The monoisotopic (exact) mass is 405 g/mol. The Morgan fingerprint density at radius 3 is 2.04 bits per heavy atom. The van der Waals surface area contributed by atoms with Crippen molar-refractivity contribution in [1.29, 1.82) is 5.41 Å². The summed E-state index contributed by atoms with van der Waals surface area (Å²) < 4.78 is 21.2. The SMILES string of the molecule is CC(=O)N[C@H]1C(OC(C)=O)[C@H](OC(C)=O)C(COC(C)=O)O[C@H]1SC(=N)N. The second kappa shape index (κ2) is 10.1. The Labute approximate surface area is 160 Å². The molecule has 1 aliphatic heterocycles. The lowest BCUT2D eigenvalue weighted by Gasteiger charge is -2.44. The van der Waals surface area contributed by atoms with E-state index < -0.39 is 53.6 Å². The summed E-state index contributed by atoms with van der Waals surface area (Å²) >= 11 is 0.767. The number of nitrogens with two attached hydrogens (primary N) is 1. The Bertz CT molecular complexity index is 614. The zero-order valence-electron chi connectivity index (χ0n) is 15.3. The molecule has 1 amide bonds. The minimum Gasteiger partial charge on any atom is -0.463 e. The van der Waals surface area contributed by atoms with E-state index in [0.717, 1.165) is 25.6 Å². The van der Waals surface area contributed by atoms with Gasteiger partial charge in [0.25, 0.3) is 0 Å². The van der Waals surface area contributed by atoms with E-state index >= 15 is 0 Å². The molecule has 2 unspecified atom stereocenters. The van der Waals surface area contributed by atoms with E-state index in [2.05, 4.69) is 5.32 Å². The maximum atomic E-state index is 11.6. The molecule has 5 atom stereocenters. The summed E-state index contributed by atoms with van der Waals surface area (Å²) in [6, 6.07) is -0.974. The zero-order valence-corrected chi connectivity index (χ0v) is 16.2. The molecule has 12 heteroatoms. The average Bonchev–Trinajstić information content (AvgIpc) is 2.49. The van der Waals surface area contributed by atoms with Crippen LogP contribution in [-0.2, 0) is 38.1 Å². The first-order valence-electron chi connectivity index (χ1n) is 7.92. The van der Waals surface area contributed by atoms with Crippen LogP contribution in [0.25, 0.3) is 0 Å². The van der Waals surface area contributed by atoms with Crippen LogP contribution in [0.5, 0.6) is 0 Å². The molecule has 1 aliphatic rings. The number of carbonyl (C=O) groups is 4. The smallest absolute Gasteiger partial charge is 0.303 e. The highest BCUT2D eigenvalue weighted by Crippen LogP contribution is 2.32. The molecule has 152 valence electrons. The summed E-state index contributed by atoms with van der Waals surface area (Å²) in [5.41, 5.74) is 4.47. The van der Waals surface area contributed by atoms with Crippen molar-refractivity contribution in [3.8, 4) is 0 Å². The van der Waals surface area contributed by atoms with Gasteiger partial charge in [0, 0.05) is 27.7 Å². The van der Waals surface area contributed by atoms with Gasteiger partial charge in [-0.1, -0.05) is 11.8 Å². The number of ether oxygens (including phenoxy) is 4. The first kappa shape index (κ1) is 22.7. The maximum absolute atomic E-state index is 11.6. The van der Waals surface area contributed by atoms with Gasteiger partial charge >= 0.3 is 17.9 Å². The molecule has 1 fully saturated rings. The Balaban J connectivity index is 3.29. The van der Waals surface area contributed by atoms with E-state index in [-0.39, 0.29) is 11.8 Å². The van der Waals surface area contributed by atoms with E-state index in [9.17, 15) is 19.2 Å². The van der Waals surface area contributed by atoms with E-state index in [1.165, 1.54) is 13.8 Å². The topological polar surface area (TPSA) is 167 Å². The fourth-order valence-electron chi connectivity index (χ4n) is 2.52. The number of nitrogens with one attached hydrogen (secondary N) is 2. The standard InChI is InChI=1S/C15H23N3O8S/c1-6(19)18-11-13(25-9(4)22)12(24-8(3)21)10(5-23-7(2)20)26-14(11)27-15(16)17/h10-14H,5H2,1-4H3,(H3,16,17)(H,18,19)/t10?,11-,12+,13?,14-/m0/s1. The van der Waals surface area contributed by atoms with Gasteiger partial charge in [0.15, 0.2) is 17.4 Å². The molecule has 1 saturated heterocycles. The predicted molar refractivity (Wildman–Crippen MR) is 93.5 cm³/mol. The molecule has 27 heavy (non-hydrogen) atoms. The van der Waals surface area contributed by atoms with Crippen molar-refractivity contribution < 1.29 is 38.1 Å². The van der Waals surface area contributed by atoms with Crippen LogP contribution in [0.15, 0.2) is 0 Å². The molecular weight excluding hydrogens is 382 g/mol. The number of esters is 3. The minimum atomic E-state index is -1.16. The third-order valence-electron chi connectivity index (χ3n) is 3.31. The number of rotatable bonds is 6. The van der Waals surface area contributed by atoms with Gasteiger partial charge in [-0.05, 0) is 0 Å². The molecule has 4 N–H and O–H groups in total. The Hall–Kier alpha value is -2.34. The Morgan fingerprint density at radius 2 is 1.59 bits per heavy atom. The first-order chi connectivity index (χ1) is 12.5. The molecule has 0 aromatic heterocycles. The highest BCUT2D eigenvalue weighted by Gasteiger charge is 2.51. The van der Waals surface area contributed by atoms with E-state index in [1.807, 2.05) is 0 Å². The van der Waals surface area contributed by atoms with Crippen LogP contribution in [0.4, 0.5) is 0 Å². The third kappa shape index (κ3) is 7.43. The highest BCUT2D eigenvalue weighted by atomic mass is 32.2. The molecule has 0 aromatic carbocycles. The van der Waals surface area contributed by atoms with Gasteiger partial charge in [0.1, 0.15) is 24.2 Å². The van der Waals surface area contributed by atoms with E-state index in [1.54, 1.807) is 0 Å². The van der Waals surface area contributed by atoms with Gasteiger partial charge in [-0.15, -0.1) is 0 Å². The second-order valence-corrected chi connectivity index (χ2v) is 6.84. The van der Waals surface area contributed by atoms with Gasteiger partial charge in [0.05, 0.1) is 0 Å². The van der Waals surface area contributed by atoms with E-state index in [0.29, 0.717) is 0 Å². The number of amides is 1. The molecule has 1 heterocycles. The lowest BCUT2D eigenvalue weighted by atomic mass is 9.97. The largest absolute Gasteiger partial charge is 0.463 e. The summed E-state index contributed by atoms with van der Waals surface area (Å²) in [5.74, 6) is -2.43. The van der Waals surface area contributed by atoms with Crippen LogP contribution >= 0.6 is 11.8 Å². The number of thioether (sulfide) groups is 1. The van der Waals surface area contributed by atoms with Gasteiger partial charge in [-0.25, -0.2) is 0 Å². The molecule has 0 spiro atoms. The summed E-state index contributed by atoms with van der Waals surface area (Å²) in [5, 5.41) is 9.74. The Kier molecular flexibility index (Phi) is 8.50. The second-order valence-electron chi connectivity index (χ2n) is 5.70. The molecular formula is C15H23N3O8S. The number of carbonyl (C=O) groups excluding carboxylic acids is 4. The van der Waals surface area contributed by atoms with Crippen molar-refractivity contribution in [3.63, 3.8) is 0 Å². The molecule has 0 aromatic rings. The highest BCUT2D eigenvalue weighted by molar-refractivity contribution is 8.14. The molecule has 0 radical (unpaired) electrons. The lowest BCUT2D eigenvalue weighted by molar-refractivity contribution is -0.211. The van der Waals surface area contributed by atoms with Gasteiger partial charge in [-0.2, -0.15) is 0 Å². The Morgan fingerprint density at radius 1 is 1.04 bits per heavy atom. The van der Waals surface area contributed by atoms with Crippen molar-refractivity contribution in [1.82, 2.24) is 5.32 Å². The van der Waals surface area contributed by atoms with Crippen molar-refractivity contribution in [2.75, 3.05) is 6.61 Å². The zero-order chi connectivity index (χ0) is 20.7. The van der Waals surface area contributed by atoms with Gasteiger partial charge in [-0.3, -0.25) is 24.6 Å². The summed E-state index contributed by atoms with van der Waals surface area (Å²) in [7, 11) is 0. The normalized spacial score (nSPS) is 27.2. The molecule has 0 bridgehead atoms. The quantitative estimate of drug-likeness (QED) is 0.222. The van der Waals surface area contributed by atoms with E-state index in [4.69, 9.17) is 30.1 Å². The fraction of sp³-hybridized carbons (Fsp3) is 0.667. The fourth-order valence-corrected chi connectivity index (χ4v) is 3.33. The lowest BCUT2D eigenvalue weighted by Crippen LogP contribution is -2.65. The molecule has 1 rings (SSSR count). The van der Waals surface area contributed by atoms with Crippen molar-refractivity contribution in [3.05, 3.63) is 0 Å². The third-order valence-corrected chi connectivity index (χ3v) is 4.20. The predicted octanol–water partition coefficient (Wildman–Crippen LogP) is -0.731. The molecule has 0 aliphatic carbocycles. The number of hydrogen-bond donors (Lipinski definition) is 3. The minimum absolute atomic E-state index is 0.299. The first-order valence-corrected chi connectivity index (χ1v) is 8.80. The summed E-state index contributed by atoms with van der Waals surface area (Å²) in [6.45, 7) is 4.44. The van der Waals surface area contributed by atoms with Gasteiger partial charge in [0.2, 0.25) is 5.91 Å². The van der Waals surface area contributed by atoms with Crippen LogP contribution < -0.4 is 11.1 Å². The number of amidine groups is 1. The van der Waals surface area contributed by atoms with Crippen LogP contribution in [-0.4, -0.2) is 65.4 Å². The number of hydrogen-bond acceptors (Lipinski definition) is 10. The van der Waals surface area contributed by atoms with Crippen LogP contribution in [0.1, 0.15) is 27.7 Å². The van der Waals surface area contributed by atoms with Gasteiger partial charge < -0.3 is 30.0 Å². The average molecular weight is 405 g/mol. The molecule has 11 nitrogen and oxygen atoms in total. The molecule has 0 saturated carbocycles. The summed E-state index contributed by atoms with van der Waals surface area (Å²) in [4.78, 5) is 45.9. The maximum Gasteiger partial charge on any atom is 0.303 e.